The summed E-state index contributed by atoms with van der Waals surface area (Å²) in [6.45, 7) is 7.30. The maximum absolute atomic E-state index is 6.97. The van der Waals surface area contributed by atoms with Crippen molar-refractivity contribution in [3.63, 3.8) is 0 Å². The molecule has 0 unspecified atom stereocenters. The Hall–Kier alpha value is -9.85. The number of benzene rings is 10. The minimum Gasteiger partial charge on any atom is -0.457 e. The summed E-state index contributed by atoms with van der Waals surface area (Å²) in [6, 6.07) is 87.5. The molecule has 0 amide bonds. The van der Waals surface area contributed by atoms with Crippen LogP contribution in [-0.4, -0.2) is 25.4 Å². The van der Waals surface area contributed by atoms with Crippen LogP contribution in [0.1, 0.15) is 26.3 Å². The zero-order valence-electron chi connectivity index (χ0n) is 43.0. The Morgan fingerprint density at radius 1 is 0.377 bits per heavy atom. The Kier molecular flexibility index (Phi) is 10.1. The van der Waals surface area contributed by atoms with Crippen LogP contribution in [0.5, 0.6) is 11.5 Å². The highest BCUT2D eigenvalue weighted by Crippen LogP contribution is 2.51. The second-order valence-corrected chi connectivity index (χ2v) is 21.2. The fourth-order valence-electron chi connectivity index (χ4n) is 12.1. The highest BCUT2D eigenvalue weighted by Gasteiger charge is 2.34. The Labute approximate surface area is 446 Å². The summed E-state index contributed by atoms with van der Waals surface area (Å²) in [4.78, 5) is 9.95. The van der Waals surface area contributed by atoms with Gasteiger partial charge in [-0.05, 0) is 125 Å². The van der Waals surface area contributed by atoms with Crippen molar-refractivity contribution < 1.29 is 4.74 Å². The van der Waals surface area contributed by atoms with Gasteiger partial charge in [-0.3, -0.25) is 4.57 Å². The van der Waals surface area contributed by atoms with Crippen molar-refractivity contribution in [2.45, 2.75) is 26.2 Å². The minimum atomic E-state index is -0.0484. The Morgan fingerprint density at radius 2 is 0.961 bits per heavy atom. The SMILES string of the molecule is CC(C)(C)c1ccnc(-n2c3ccc(-c4ccccc4)cc3c3ccc(Oc4cccc(N5CN(c6c(-n7c8ccccc8c8ccccc87)ccc7c8ccccc8n(-c8ccccc8)c67)c6ccccc65)c4)cc32)c1. The van der Waals surface area contributed by atoms with Crippen LogP contribution in [0.15, 0.2) is 249 Å². The van der Waals surface area contributed by atoms with E-state index < -0.39 is 0 Å². The van der Waals surface area contributed by atoms with Crippen LogP contribution in [0.3, 0.4) is 0 Å². The van der Waals surface area contributed by atoms with Crippen LogP contribution < -0.4 is 14.5 Å². The predicted molar refractivity (Wildman–Crippen MR) is 320 cm³/mol. The van der Waals surface area contributed by atoms with E-state index in [-0.39, 0.29) is 5.41 Å². The molecule has 10 aromatic carbocycles. The molecule has 7 nitrogen and oxygen atoms in total. The first kappa shape index (κ1) is 44.6. The van der Waals surface area contributed by atoms with Crippen molar-refractivity contribution in [1.29, 1.82) is 0 Å². The highest BCUT2D eigenvalue weighted by molar-refractivity contribution is 6.18. The summed E-state index contributed by atoms with van der Waals surface area (Å²) in [6.07, 6.45) is 1.93. The minimum absolute atomic E-state index is 0.0484. The van der Waals surface area contributed by atoms with Gasteiger partial charge >= 0.3 is 0 Å². The second kappa shape index (κ2) is 17.4. The Morgan fingerprint density at radius 3 is 1.69 bits per heavy atom. The molecule has 368 valence electrons. The van der Waals surface area contributed by atoms with Crippen molar-refractivity contribution in [2.24, 2.45) is 0 Å². The number of aromatic nitrogens is 4. The van der Waals surface area contributed by atoms with Gasteiger partial charge in [-0.1, -0.05) is 148 Å². The number of anilines is 4. The third kappa shape index (κ3) is 7.15. The van der Waals surface area contributed by atoms with E-state index in [0.717, 1.165) is 95.3 Å². The quantitative estimate of drug-likeness (QED) is 0.152. The molecule has 0 spiro atoms. The lowest BCUT2D eigenvalue weighted by molar-refractivity contribution is 0.483. The topological polar surface area (TPSA) is 43.4 Å². The lowest BCUT2D eigenvalue weighted by Gasteiger charge is -2.27. The van der Waals surface area contributed by atoms with Crippen molar-refractivity contribution in [2.75, 3.05) is 16.5 Å². The van der Waals surface area contributed by atoms with E-state index in [0.29, 0.717) is 6.67 Å². The van der Waals surface area contributed by atoms with Crippen molar-refractivity contribution >= 4 is 88.2 Å². The summed E-state index contributed by atoms with van der Waals surface area (Å²) < 4.78 is 14.2. The van der Waals surface area contributed by atoms with Gasteiger partial charge in [0.25, 0.3) is 0 Å². The molecule has 1 aliphatic heterocycles. The van der Waals surface area contributed by atoms with Gasteiger partial charge < -0.3 is 23.7 Å². The smallest absolute Gasteiger partial charge is 0.137 e. The molecule has 4 aromatic heterocycles. The van der Waals surface area contributed by atoms with Crippen LogP contribution in [0.25, 0.3) is 93.7 Å². The van der Waals surface area contributed by atoms with Gasteiger partial charge in [0.1, 0.15) is 24.0 Å². The van der Waals surface area contributed by atoms with Gasteiger partial charge in [-0.2, -0.15) is 0 Å². The zero-order valence-corrected chi connectivity index (χ0v) is 43.0. The highest BCUT2D eigenvalue weighted by atomic mass is 16.5. The van der Waals surface area contributed by atoms with Crippen LogP contribution in [0, 0.1) is 0 Å². The number of nitrogens with zero attached hydrogens (tertiary/aromatic N) is 6. The molecule has 0 saturated heterocycles. The average molecular weight is 993 g/mol. The van der Waals surface area contributed by atoms with Crippen LogP contribution in [-0.2, 0) is 5.41 Å². The molecule has 0 aliphatic carbocycles. The zero-order chi connectivity index (χ0) is 51.4. The molecule has 0 fully saturated rings. The van der Waals surface area contributed by atoms with Gasteiger partial charge in [0.15, 0.2) is 0 Å². The molecule has 15 rings (SSSR count). The summed E-state index contributed by atoms with van der Waals surface area (Å²) in [5.74, 6) is 2.37. The van der Waals surface area contributed by atoms with Crippen LogP contribution in [0.2, 0.25) is 0 Å². The van der Waals surface area contributed by atoms with Gasteiger partial charge in [0.05, 0.1) is 55.8 Å². The van der Waals surface area contributed by atoms with Crippen molar-refractivity contribution in [3.05, 3.63) is 254 Å². The van der Waals surface area contributed by atoms with E-state index in [4.69, 9.17) is 9.72 Å². The van der Waals surface area contributed by atoms with E-state index in [2.05, 4.69) is 287 Å². The molecule has 5 heterocycles. The number of fused-ring (bicyclic) bond motifs is 10. The normalized spacial score (nSPS) is 12.8. The number of hydrogen-bond acceptors (Lipinski definition) is 4. The summed E-state index contributed by atoms with van der Waals surface area (Å²) in [7, 11) is 0. The maximum atomic E-state index is 6.97. The molecule has 14 aromatic rings. The predicted octanol–water partition coefficient (Wildman–Crippen LogP) is 18.4. The molecular weight excluding hydrogens is 941 g/mol. The molecule has 0 saturated carbocycles. The maximum Gasteiger partial charge on any atom is 0.137 e. The summed E-state index contributed by atoms with van der Waals surface area (Å²) in [5, 5.41) is 7.15. The van der Waals surface area contributed by atoms with Gasteiger partial charge in [-0.25, -0.2) is 4.98 Å². The number of hydrogen-bond donors (Lipinski definition) is 0. The lowest BCUT2D eigenvalue weighted by Crippen LogP contribution is -2.25. The van der Waals surface area contributed by atoms with E-state index in [1.807, 2.05) is 6.20 Å². The van der Waals surface area contributed by atoms with Crippen LogP contribution >= 0.6 is 0 Å². The largest absolute Gasteiger partial charge is 0.457 e. The number of ether oxygens (including phenoxy) is 1. The van der Waals surface area contributed by atoms with E-state index >= 15 is 0 Å². The molecule has 1 aliphatic rings. The second-order valence-electron chi connectivity index (χ2n) is 21.2. The van der Waals surface area contributed by atoms with Gasteiger partial charge in [0.2, 0.25) is 0 Å². The first-order valence-electron chi connectivity index (χ1n) is 26.5. The first-order valence-corrected chi connectivity index (χ1v) is 26.5. The van der Waals surface area contributed by atoms with E-state index in [1.54, 1.807) is 0 Å². The molecule has 77 heavy (non-hydrogen) atoms. The number of pyridine rings is 1. The van der Waals surface area contributed by atoms with E-state index in [9.17, 15) is 0 Å². The molecular formula is C70H52N6O. The Bertz CT molecular complexity index is 4580. The average Bonchev–Trinajstić information content (AvgIpc) is 4.39. The number of para-hydroxylation sites is 6. The first-order chi connectivity index (χ1) is 37.8. The summed E-state index contributed by atoms with van der Waals surface area (Å²) >= 11 is 0. The van der Waals surface area contributed by atoms with Crippen molar-refractivity contribution in [3.8, 4) is 39.8 Å². The third-order valence-corrected chi connectivity index (χ3v) is 15.7. The van der Waals surface area contributed by atoms with Gasteiger partial charge in [0, 0.05) is 62.0 Å². The molecule has 0 radical (unpaired) electrons. The fraction of sp³-hybridized carbons (Fsp3) is 0.0714. The Balaban J connectivity index is 0.875. The fourth-order valence-corrected chi connectivity index (χ4v) is 12.1. The third-order valence-electron chi connectivity index (χ3n) is 15.7. The monoisotopic (exact) mass is 992 g/mol. The van der Waals surface area contributed by atoms with Crippen LogP contribution in [0.4, 0.5) is 22.7 Å². The lowest BCUT2D eigenvalue weighted by atomic mass is 9.88. The van der Waals surface area contributed by atoms with E-state index in [1.165, 1.54) is 38.2 Å². The summed E-state index contributed by atoms with van der Waals surface area (Å²) in [5.41, 5.74) is 16.9. The molecule has 0 bridgehead atoms. The van der Waals surface area contributed by atoms with Gasteiger partial charge in [-0.15, -0.1) is 0 Å². The van der Waals surface area contributed by atoms with Crippen molar-refractivity contribution in [1.82, 2.24) is 18.7 Å². The molecule has 7 heteroatoms. The standard InChI is InChI=1S/C70H52N6O/c1-70(2,3)48-39-40-71-67(42-48)76-62-37-33-47(46-19-6-4-7-20-46)41-58(62)56-35-34-52(44-66(56)76)77-51-24-18-23-50(43-51)72-45-73(64-32-17-16-31-63(64)72)69-65(75-60-29-14-10-25-53(60)54-26-11-15-30-61(54)75)38-36-57-55-27-12-13-28-59(55)74(68(57)69)49-21-8-5-9-22-49/h4-44H,45H2,1-3H3. The molecule has 0 atom stereocenters. The number of rotatable bonds is 8. The molecule has 0 N–H and O–H groups in total.